The van der Waals surface area contributed by atoms with Gasteiger partial charge in [-0.2, -0.15) is 5.10 Å². The van der Waals surface area contributed by atoms with Crippen LogP contribution in [0.25, 0.3) is 10.6 Å². The molecule has 0 aliphatic heterocycles. The molecule has 0 aliphatic rings. The second kappa shape index (κ2) is 5.99. The Morgan fingerprint density at radius 2 is 2.35 bits per heavy atom. The molecule has 2 aromatic rings. The van der Waals surface area contributed by atoms with E-state index < -0.39 is 15.9 Å². The Balaban J connectivity index is 1.94. The predicted octanol–water partition coefficient (Wildman–Crippen LogP) is 1.14. The molecule has 1 amide bonds. The number of amides is 1. The monoisotopic (exact) mass is 312 g/mol. The molecule has 0 bridgehead atoms. The zero-order valence-corrected chi connectivity index (χ0v) is 11.9. The smallest absolute Gasteiger partial charge is 0.240 e. The first-order chi connectivity index (χ1) is 9.50. The molecule has 2 heterocycles. The van der Waals surface area contributed by atoms with Crippen LogP contribution in [-0.2, 0) is 14.8 Å². The van der Waals surface area contributed by atoms with E-state index in [2.05, 4.69) is 26.8 Å². The third kappa shape index (κ3) is 3.76. The molecule has 0 radical (unpaired) electrons. The molecule has 106 valence electrons. The summed E-state index contributed by atoms with van der Waals surface area (Å²) in [6, 6.07) is 5.48. The van der Waals surface area contributed by atoms with Crippen LogP contribution in [0.4, 0.5) is 5.82 Å². The summed E-state index contributed by atoms with van der Waals surface area (Å²) in [5.74, 6) is -0.104. The van der Waals surface area contributed by atoms with Crippen molar-refractivity contribution in [1.29, 1.82) is 0 Å². The number of carbonyl (C=O) groups is 1. The molecule has 0 aromatic carbocycles. The van der Waals surface area contributed by atoms with Crippen molar-refractivity contribution in [2.75, 3.05) is 11.9 Å². The van der Waals surface area contributed by atoms with Gasteiger partial charge in [-0.3, -0.25) is 9.89 Å². The summed E-state index contributed by atoms with van der Waals surface area (Å²) in [6.45, 7) is 2.76. The summed E-state index contributed by atoms with van der Waals surface area (Å²) in [4.78, 5) is 12.5. The second-order valence-electron chi connectivity index (χ2n) is 3.73. The fourth-order valence-corrected chi connectivity index (χ4v) is 2.49. The van der Waals surface area contributed by atoms with Crippen molar-refractivity contribution in [2.45, 2.75) is 0 Å². The minimum absolute atomic E-state index is 0.373. The molecule has 0 spiro atoms. The van der Waals surface area contributed by atoms with Gasteiger partial charge in [0, 0.05) is 11.5 Å². The maximum atomic E-state index is 11.6. The van der Waals surface area contributed by atoms with Crippen molar-refractivity contribution in [3.8, 4) is 10.6 Å². The van der Waals surface area contributed by atoms with Crippen LogP contribution >= 0.6 is 11.3 Å². The topological polar surface area (TPSA) is 104 Å². The highest BCUT2D eigenvalue weighted by atomic mass is 32.2. The number of nitrogens with zero attached hydrogens (tertiary/aromatic N) is 1. The van der Waals surface area contributed by atoms with Crippen molar-refractivity contribution in [2.24, 2.45) is 0 Å². The van der Waals surface area contributed by atoms with Gasteiger partial charge < -0.3 is 5.32 Å². The zero-order chi connectivity index (χ0) is 14.6. The molecule has 2 rings (SSSR count). The zero-order valence-electron chi connectivity index (χ0n) is 10.3. The van der Waals surface area contributed by atoms with Gasteiger partial charge in [0.15, 0.2) is 0 Å². The molecular formula is C11H12N4O3S2. The summed E-state index contributed by atoms with van der Waals surface area (Å²) in [7, 11) is -3.61. The van der Waals surface area contributed by atoms with Crippen LogP contribution in [-0.4, -0.2) is 31.1 Å². The summed E-state index contributed by atoms with van der Waals surface area (Å²) in [5.41, 5.74) is 0.710. The molecule has 0 aliphatic carbocycles. The molecule has 0 unspecified atom stereocenters. The highest BCUT2D eigenvalue weighted by Gasteiger charge is 2.10. The average Bonchev–Trinajstić information content (AvgIpc) is 3.07. The number of aromatic amines is 1. The van der Waals surface area contributed by atoms with Gasteiger partial charge in [0.2, 0.25) is 15.9 Å². The normalized spacial score (nSPS) is 11.2. The first-order valence-electron chi connectivity index (χ1n) is 5.51. The molecule has 0 saturated carbocycles. The van der Waals surface area contributed by atoms with Gasteiger partial charge in [-0.25, -0.2) is 13.1 Å². The van der Waals surface area contributed by atoms with Crippen molar-refractivity contribution >= 4 is 33.1 Å². The van der Waals surface area contributed by atoms with E-state index in [-0.39, 0.29) is 6.54 Å². The third-order valence-corrected chi connectivity index (χ3v) is 4.16. The second-order valence-corrected chi connectivity index (χ2v) is 6.38. The minimum atomic E-state index is -3.61. The van der Waals surface area contributed by atoms with Crippen molar-refractivity contribution < 1.29 is 13.2 Å². The van der Waals surface area contributed by atoms with Crippen molar-refractivity contribution in [3.63, 3.8) is 0 Å². The van der Waals surface area contributed by atoms with Gasteiger partial charge in [0.25, 0.3) is 0 Å². The maximum absolute atomic E-state index is 11.6. The minimum Gasteiger partial charge on any atom is -0.310 e. The number of sulfonamides is 1. The van der Waals surface area contributed by atoms with Gasteiger partial charge in [0.1, 0.15) is 11.5 Å². The molecular weight excluding hydrogens is 300 g/mol. The Bertz CT molecular complexity index is 704. The van der Waals surface area contributed by atoms with Crippen LogP contribution in [0.15, 0.2) is 35.6 Å². The molecule has 0 fully saturated rings. The van der Waals surface area contributed by atoms with Crippen LogP contribution in [0, 0.1) is 0 Å². The number of rotatable bonds is 6. The van der Waals surface area contributed by atoms with E-state index in [9.17, 15) is 13.2 Å². The fraction of sp³-hybridized carbons (Fsp3) is 0.0909. The van der Waals surface area contributed by atoms with E-state index >= 15 is 0 Å². The Morgan fingerprint density at radius 1 is 1.55 bits per heavy atom. The largest absolute Gasteiger partial charge is 0.310 e. The quantitative estimate of drug-likeness (QED) is 0.744. The van der Waals surface area contributed by atoms with Crippen molar-refractivity contribution in [3.05, 3.63) is 35.6 Å². The molecule has 9 heteroatoms. The summed E-state index contributed by atoms with van der Waals surface area (Å²) >= 11 is 1.53. The predicted molar refractivity (Wildman–Crippen MR) is 77.6 cm³/mol. The molecule has 0 saturated heterocycles. The maximum Gasteiger partial charge on any atom is 0.240 e. The lowest BCUT2D eigenvalue weighted by atomic mass is 10.3. The lowest BCUT2D eigenvalue weighted by Gasteiger charge is -2.02. The number of aromatic nitrogens is 2. The van der Waals surface area contributed by atoms with Gasteiger partial charge in [-0.1, -0.05) is 12.6 Å². The fourth-order valence-electron chi connectivity index (χ4n) is 1.36. The van der Waals surface area contributed by atoms with E-state index in [4.69, 9.17) is 0 Å². The number of carbonyl (C=O) groups excluding carboxylic acids is 1. The molecule has 7 nitrogen and oxygen atoms in total. The third-order valence-electron chi connectivity index (χ3n) is 2.28. The molecule has 0 atom stereocenters. The summed E-state index contributed by atoms with van der Waals surface area (Å²) < 4.78 is 24.2. The SMILES string of the molecule is C=CS(=O)(=O)NCC(=O)Nc1cc(-c2cccs2)n[nH]1. The number of H-pyrrole nitrogens is 1. The van der Waals surface area contributed by atoms with Gasteiger partial charge in [-0.15, -0.1) is 11.3 Å². The molecule has 2 aromatic heterocycles. The average molecular weight is 312 g/mol. The van der Waals surface area contributed by atoms with E-state index in [1.165, 1.54) is 11.3 Å². The van der Waals surface area contributed by atoms with Gasteiger partial charge in [0.05, 0.1) is 11.4 Å². The lowest BCUT2D eigenvalue weighted by Crippen LogP contribution is -2.31. The van der Waals surface area contributed by atoms with Gasteiger partial charge in [-0.05, 0) is 11.4 Å². The Kier molecular flexibility index (Phi) is 4.32. The van der Waals surface area contributed by atoms with E-state index in [1.54, 1.807) is 6.07 Å². The number of nitrogens with one attached hydrogen (secondary N) is 3. The van der Waals surface area contributed by atoms with Crippen LogP contribution in [0.3, 0.4) is 0 Å². The number of hydrogen-bond acceptors (Lipinski definition) is 5. The molecule has 3 N–H and O–H groups in total. The molecule has 20 heavy (non-hydrogen) atoms. The summed E-state index contributed by atoms with van der Waals surface area (Å²) in [6.07, 6.45) is 0. The number of thiophene rings is 1. The summed E-state index contributed by atoms with van der Waals surface area (Å²) in [5, 5.41) is 11.9. The van der Waals surface area contributed by atoms with Gasteiger partial charge >= 0.3 is 0 Å². The Morgan fingerprint density at radius 3 is 3.00 bits per heavy atom. The van der Waals surface area contributed by atoms with E-state index in [0.717, 1.165) is 10.3 Å². The Labute approximate surface area is 119 Å². The van der Waals surface area contributed by atoms with Crippen LogP contribution in [0.2, 0.25) is 0 Å². The van der Waals surface area contributed by atoms with Crippen LogP contribution < -0.4 is 10.0 Å². The van der Waals surface area contributed by atoms with Crippen molar-refractivity contribution in [1.82, 2.24) is 14.9 Å². The van der Waals surface area contributed by atoms with E-state index in [1.807, 2.05) is 17.5 Å². The lowest BCUT2D eigenvalue weighted by molar-refractivity contribution is -0.115. The van der Waals surface area contributed by atoms with Crippen LogP contribution in [0.1, 0.15) is 0 Å². The first kappa shape index (κ1) is 14.4. The number of hydrogen-bond donors (Lipinski definition) is 3. The number of anilines is 1. The highest BCUT2D eigenvalue weighted by Crippen LogP contribution is 2.24. The Hall–Kier alpha value is -1.97. The first-order valence-corrected chi connectivity index (χ1v) is 7.94. The standard InChI is InChI=1S/C11H12N4O3S2/c1-2-20(17,18)12-7-11(16)13-10-6-8(14-15-10)9-4-3-5-19-9/h2-6,12H,1,7H2,(H2,13,14,15,16). The van der Waals surface area contributed by atoms with E-state index in [0.29, 0.717) is 11.5 Å². The highest BCUT2D eigenvalue weighted by molar-refractivity contribution is 7.92. The van der Waals surface area contributed by atoms with Crippen LogP contribution in [0.5, 0.6) is 0 Å².